The van der Waals surface area contributed by atoms with Crippen LogP contribution >= 0.6 is 11.8 Å². The molecule has 0 bridgehead atoms. The number of benzene rings is 1. The van der Waals surface area contributed by atoms with Crippen LogP contribution in [0.2, 0.25) is 0 Å². The van der Waals surface area contributed by atoms with Crippen molar-refractivity contribution in [1.29, 1.82) is 0 Å². The van der Waals surface area contributed by atoms with Crippen LogP contribution in [-0.4, -0.2) is 21.2 Å². The van der Waals surface area contributed by atoms with Crippen molar-refractivity contribution in [3.8, 4) is 0 Å². The minimum atomic E-state index is -4.34. The number of carbonyl (C=O) groups excluding carboxylic acids is 1. The third-order valence-electron chi connectivity index (χ3n) is 2.85. The number of thioether (sulfide) groups is 1. The van der Waals surface area contributed by atoms with Crippen molar-refractivity contribution in [2.24, 2.45) is 5.92 Å². The molecule has 1 heterocycles. The molecule has 124 valence electrons. The number of nitrogens with zero attached hydrogens (tertiary/aromatic N) is 2. The van der Waals surface area contributed by atoms with Gasteiger partial charge in [0.25, 0.3) is 5.91 Å². The maximum absolute atomic E-state index is 12.3. The van der Waals surface area contributed by atoms with Crippen molar-refractivity contribution in [3.05, 3.63) is 42.1 Å². The van der Waals surface area contributed by atoms with E-state index < -0.39 is 5.51 Å². The highest BCUT2D eigenvalue weighted by Crippen LogP contribution is 2.36. The molecular weight excluding hydrogens is 327 g/mol. The monoisotopic (exact) mass is 343 g/mol. The van der Waals surface area contributed by atoms with Crippen LogP contribution in [0.5, 0.6) is 0 Å². The fourth-order valence-electron chi connectivity index (χ4n) is 1.93. The van der Waals surface area contributed by atoms with Gasteiger partial charge in [0.05, 0.1) is 6.20 Å². The maximum atomic E-state index is 12.3. The minimum Gasteiger partial charge on any atom is -0.307 e. The molecule has 2 rings (SSSR count). The van der Waals surface area contributed by atoms with Gasteiger partial charge in [0.1, 0.15) is 5.82 Å². The Bertz CT molecular complexity index is 665. The third-order valence-corrected chi connectivity index (χ3v) is 3.59. The lowest BCUT2D eigenvalue weighted by molar-refractivity contribution is -0.0328. The number of hydrogen-bond donors (Lipinski definition) is 1. The summed E-state index contributed by atoms with van der Waals surface area (Å²) in [7, 11) is 0. The van der Waals surface area contributed by atoms with Gasteiger partial charge >= 0.3 is 5.51 Å². The number of halogens is 3. The van der Waals surface area contributed by atoms with Crippen LogP contribution in [0, 0.1) is 5.92 Å². The number of nitrogens with one attached hydrogen (secondary N) is 1. The zero-order valence-corrected chi connectivity index (χ0v) is 13.4. The third kappa shape index (κ3) is 5.31. The zero-order chi connectivity index (χ0) is 17.0. The highest BCUT2D eigenvalue weighted by atomic mass is 32.2. The molecule has 0 aliphatic heterocycles. The molecule has 0 aliphatic rings. The van der Waals surface area contributed by atoms with E-state index in [2.05, 4.69) is 10.4 Å². The first-order valence-corrected chi connectivity index (χ1v) is 7.75. The Hall–Kier alpha value is -1.96. The Balaban J connectivity index is 2.05. The van der Waals surface area contributed by atoms with Gasteiger partial charge in [-0.2, -0.15) is 18.3 Å². The van der Waals surface area contributed by atoms with Gasteiger partial charge in [-0.1, -0.05) is 13.8 Å². The molecule has 0 saturated heterocycles. The predicted octanol–water partition coefficient (Wildman–Crippen LogP) is 4.40. The first kappa shape index (κ1) is 17.4. The van der Waals surface area contributed by atoms with Gasteiger partial charge in [-0.05, 0) is 41.9 Å². The zero-order valence-electron chi connectivity index (χ0n) is 12.6. The molecular formula is C15H16F3N3OS. The Labute approximate surface area is 136 Å². The van der Waals surface area contributed by atoms with E-state index in [9.17, 15) is 18.0 Å². The van der Waals surface area contributed by atoms with Crippen molar-refractivity contribution in [3.63, 3.8) is 0 Å². The second-order valence-electron chi connectivity index (χ2n) is 5.32. The Morgan fingerprint density at radius 3 is 2.48 bits per heavy atom. The highest BCUT2D eigenvalue weighted by Gasteiger charge is 2.29. The van der Waals surface area contributed by atoms with E-state index in [0.29, 0.717) is 18.3 Å². The Morgan fingerprint density at radius 2 is 1.91 bits per heavy atom. The molecule has 0 saturated carbocycles. The summed E-state index contributed by atoms with van der Waals surface area (Å²) in [5.74, 6) is 0.528. The lowest BCUT2D eigenvalue weighted by Crippen LogP contribution is -2.17. The lowest BCUT2D eigenvalue weighted by Gasteiger charge is -2.11. The molecule has 0 spiro atoms. The summed E-state index contributed by atoms with van der Waals surface area (Å²) in [6.45, 7) is 4.72. The van der Waals surface area contributed by atoms with E-state index >= 15 is 0 Å². The molecule has 4 nitrogen and oxygen atoms in total. The van der Waals surface area contributed by atoms with Crippen LogP contribution in [0.3, 0.4) is 0 Å². The smallest absolute Gasteiger partial charge is 0.307 e. The molecule has 0 radical (unpaired) electrons. The summed E-state index contributed by atoms with van der Waals surface area (Å²) in [6, 6.07) is 6.96. The van der Waals surface area contributed by atoms with E-state index in [4.69, 9.17) is 0 Å². The summed E-state index contributed by atoms with van der Waals surface area (Å²) in [5.41, 5.74) is -4.05. The number of aromatic nitrogens is 2. The normalized spacial score (nSPS) is 11.7. The molecule has 1 amide bonds. The number of carbonyl (C=O) groups is 1. The molecule has 8 heteroatoms. The number of anilines is 1. The SMILES string of the molecule is CC(C)Cn1nccc1NC(=O)c1ccc(SC(F)(F)F)cc1. The number of amides is 1. The maximum Gasteiger partial charge on any atom is 0.446 e. The quantitative estimate of drug-likeness (QED) is 0.819. The molecule has 2 aromatic rings. The fraction of sp³-hybridized carbons (Fsp3) is 0.333. The van der Waals surface area contributed by atoms with Crippen LogP contribution in [0.1, 0.15) is 24.2 Å². The van der Waals surface area contributed by atoms with E-state index in [1.165, 1.54) is 24.3 Å². The average Bonchev–Trinajstić information content (AvgIpc) is 2.84. The molecule has 0 aliphatic carbocycles. The van der Waals surface area contributed by atoms with Gasteiger partial charge in [0.15, 0.2) is 0 Å². The molecule has 0 atom stereocenters. The van der Waals surface area contributed by atoms with E-state index in [1.807, 2.05) is 13.8 Å². The van der Waals surface area contributed by atoms with E-state index in [1.54, 1.807) is 16.9 Å². The number of rotatable bonds is 5. The summed E-state index contributed by atoms with van der Waals surface area (Å²) >= 11 is -0.210. The summed E-state index contributed by atoms with van der Waals surface area (Å²) in [6.07, 6.45) is 1.58. The topological polar surface area (TPSA) is 46.9 Å². The first-order valence-electron chi connectivity index (χ1n) is 6.93. The second-order valence-corrected chi connectivity index (χ2v) is 6.46. The van der Waals surface area contributed by atoms with Crippen molar-refractivity contribution in [2.45, 2.75) is 30.8 Å². The standard InChI is InChI=1S/C15H16F3N3OS/c1-10(2)9-21-13(7-8-19-21)20-14(22)11-3-5-12(6-4-11)23-15(16,17)18/h3-8,10H,9H2,1-2H3,(H,20,22). The number of hydrogen-bond acceptors (Lipinski definition) is 3. The Morgan fingerprint density at radius 1 is 1.26 bits per heavy atom. The van der Waals surface area contributed by atoms with Gasteiger partial charge in [0.2, 0.25) is 0 Å². The Kier molecular flexibility index (Phi) is 5.35. The van der Waals surface area contributed by atoms with E-state index in [0.717, 1.165) is 0 Å². The summed E-state index contributed by atoms with van der Waals surface area (Å²) in [4.78, 5) is 12.2. The first-order chi connectivity index (χ1) is 10.7. The molecule has 0 fully saturated rings. The van der Waals surface area contributed by atoms with Gasteiger partial charge in [-0.3, -0.25) is 4.79 Å². The van der Waals surface area contributed by atoms with Crippen LogP contribution in [0.15, 0.2) is 41.4 Å². The molecule has 1 aromatic carbocycles. The average molecular weight is 343 g/mol. The van der Waals surface area contributed by atoms with Crippen LogP contribution in [0.4, 0.5) is 19.0 Å². The predicted molar refractivity (Wildman–Crippen MR) is 83.4 cm³/mol. The summed E-state index contributed by atoms with van der Waals surface area (Å²) < 4.78 is 38.5. The van der Waals surface area contributed by atoms with Crippen molar-refractivity contribution in [2.75, 3.05) is 5.32 Å². The van der Waals surface area contributed by atoms with Crippen molar-refractivity contribution >= 4 is 23.5 Å². The molecule has 1 N–H and O–H groups in total. The van der Waals surface area contributed by atoms with Crippen molar-refractivity contribution < 1.29 is 18.0 Å². The molecule has 1 aromatic heterocycles. The van der Waals surface area contributed by atoms with Gasteiger partial charge < -0.3 is 5.32 Å². The molecule has 0 unspecified atom stereocenters. The van der Waals surface area contributed by atoms with Crippen LogP contribution < -0.4 is 5.32 Å². The lowest BCUT2D eigenvalue weighted by atomic mass is 10.2. The van der Waals surface area contributed by atoms with Crippen molar-refractivity contribution in [1.82, 2.24) is 9.78 Å². The van der Waals surface area contributed by atoms with Gasteiger partial charge in [0, 0.05) is 23.1 Å². The molecule has 23 heavy (non-hydrogen) atoms. The fourth-order valence-corrected chi connectivity index (χ4v) is 2.47. The van der Waals surface area contributed by atoms with Crippen LogP contribution in [-0.2, 0) is 6.54 Å². The van der Waals surface area contributed by atoms with Crippen LogP contribution in [0.25, 0.3) is 0 Å². The summed E-state index contributed by atoms with van der Waals surface area (Å²) in [5, 5.41) is 6.84. The van der Waals surface area contributed by atoms with E-state index in [-0.39, 0.29) is 28.1 Å². The largest absolute Gasteiger partial charge is 0.446 e. The number of alkyl halides is 3. The second kappa shape index (κ2) is 7.08. The highest BCUT2D eigenvalue weighted by molar-refractivity contribution is 8.00. The van der Waals surface area contributed by atoms with Gasteiger partial charge in [-0.25, -0.2) is 4.68 Å². The van der Waals surface area contributed by atoms with Gasteiger partial charge in [-0.15, -0.1) is 0 Å². The minimum absolute atomic E-state index is 0.0406.